The second-order valence-corrected chi connectivity index (χ2v) is 4.94. The van der Waals surface area contributed by atoms with Gasteiger partial charge in [0.05, 0.1) is 17.3 Å². The standard InChI is InChI=1S/C18H12N2O/c21-18(16-12-19-20-11-4-3-10-17(16)20)15-9-5-7-13-6-1-2-8-14(13)15/h1-12H. The third-order valence-electron chi connectivity index (χ3n) is 3.71. The van der Waals surface area contributed by atoms with E-state index in [4.69, 9.17) is 0 Å². The van der Waals surface area contributed by atoms with Gasteiger partial charge in [-0.15, -0.1) is 0 Å². The normalized spacial score (nSPS) is 11.0. The molecule has 2 aromatic heterocycles. The summed E-state index contributed by atoms with van der Waals surface area (Å²) in [6.07, 6.45) is 3.48. The van der Waals surface area contributed by atoms with Gasteiger partial charge in [-0.3, -0.25) is 4.79 Å². The average Bonchev–Trinajstić information content (AvgIpc) is 2.98. The smallest absolute Gasteiger partial charge is 0.197 e. The van der Waals surface area contributed by atoms with Crippen LogP contribution in [0.15, 0.2) is 73.1 Å². The topological polar surface area (TPSA) is 34.4 Å². The van der Waals surface area contributed by atoms with Crippen LogP contribution in [0.25, 0.3) is 16.3 Å². The van der Waals surface area contributed by atoms with Crippen LogP contribution in [0.5, 0.6) is 0 Å². The largest absolute Gasteiger partial charge is 0.288 e. The number of carbonyl (C=O) groups is 1. The molecule has 0 aliphatic carbocycles. The molecule has 4 aromatic rings. The van der Waals surface area contributed by atoms with E-state index in [0.29, 0.717) is 11.1 Å². The molecule has 3 heteroatoms. The lowest BCUT2D eigenvalue weighted by Gasteiger charge is -2.04. The van der Waals surface area contributed by atoms with E-state index in [-0.39, 0.29) is 5.78 Å². The molecule has 4 rings (SSSR count). The van der Waals surface area contributed by atoms with E-state index in [0.717, 1.165) is 16.3 Å². The van der Waals surface area contributed by atoms with Crippen molar-refractivity contribution in [2.75, 3.05) is 0 Å². The summed E-state index contributed by atoms with van der Waals surface area (Å²) < 4.78 is 1.72. The second-order valence-electron chi connectivity index (χ2n) is 4.94. The van der Waals surface area contributed by atoms with Gasteiger partial charge < -0.3 is 0 Å². The lowest BCUT2D eigenvalue weighted by Crippen LogP contribution is -2.01. The number of rotatable bonds is 2. The number of carbonyl (C=O) groups excluding carboxylic acids is 1. The maximum Gasteiger partial charge on any atom is 0.197 e. The summed E-state index contributed by atoms with van der Waals surface area (Å²) in [5.74, 6) is 0.00741. The van der Waals surface area contributed by atoms with Crippen LogP contribution in [0, 0.1) is 0 Å². The van der Waals surface area contributed by atoms with E-state index >= 15 is 0 Å². The number of hydrogen-bond acceptors (Lipinski definition) is 2. The Bertz CT molecular complexity index is 964. The zero-order chi connectivity index (χ0) is 14.2. The molecule has 0 aliphatic heterocycles. The highest BCUT2D eigenvalue weighted by Crippen LogP contribution is 2.23. The molecule has 0 saturated heterocycles. The molecule has 0 atom stereocenters. The first-order valence-electron chi connectivity index (χ1n) is 6.79. The Morgan fingerprint density at radius 1 is 0.857 bits per heavy atom. The summed E-state index contributed by atoms with van der Waals surface area (Å²) in [6, 6.07) is 19.5. The van der Waals surface area contributed by atoms with Crippen molar-refractivity contribution in [1.29, 1.82) is 0 Å². The first kappa shape index (κ1) is 11.9. The van der Waals surface area contributed by atoms with Crippen LogP contribution in [-0.4, -0.2) is 15.4 Å². The second kappa shape index (κ2) is 4.56. The number of hydrogen-bond donors (Lipinski definition) is 0. The van der Waals surface area contributed by atoms with Crippen LogP contribution in [0.2, 0.25) is 0 Å². The minimum Gasteiger partial charge on any atom is -0.288 e. The number of nitrogens with zero attached hydrogens (tertiary/aromatic N) is 2. The van der Waals surface area contributed by atoms with Gasteiger partial charge in [-0.25, -0.2) is 4.52 Å². The van der Waals surface area contributed by atoms with Crippen molar-refractivity contribution in [2.24, 2.45) is 0 Å². The lowest BCUT2D eigenvalue weighted by atomic mass is 9.98. The van der Waals surface area contributed by atoms with E-state index in [9.17, 15) is 4.79 Å². The van der Waals surface area contributed by atoms with E-state index in [1.165, 1.54) is 0 Å². The maximum absolute atomic E-state index is 12.9. The van der Waals surface area contributed by atoms with E-state index < -0.39 is 0 Å². The van der Waals surface area contributed by atoms with E-state index in [1.807, 2.05) is 66.9 Å². The number of ketones is 1. The summed E-state index contributed by atoms with van der Waals surface area (Å²) in [5, 5.41) is 6.28. The zero-order valence-corrected chi connectivity index (χ0v) is 11.2. The Labute approximate surface area is 121 Å². The fourth-order valence-corrected chi connectivity index (χ4v) is 2.68. The fraction of sp³-hybridized carbons (Fsp3) is 0. The first-order valence-corrected chi connectivity index (χ1v) is 6.79. The molecular formula is C18H12N2O. The Hall–Kier alpha value is -2.94. The number of benzene rings is 2. The molecule has 0 radical (unpaired) electrons. The van der Waals surface area contributed by atoms with Crippen molar-refractivity contribution in [1.82, 2.24) is 9.61 Å². The van der Waals surface area contributed by atoms with Crippen LogP contribution in [0.4, 0.5) is 0 Å². The molecule has 21 heavy (non-hydrogen) atoms. The molecule has 0 bridgehead atoms. The fourth-order valence-electron chi connectivity index (χ4n) is 2.68. The molecule has 0 unspecified atom stereocenters. The SMILES string of the molecule is O=C(c1cccc2ccccc12)c1cnn2ccccc12. The third kappa shape index (κ3) is 1.82. The molecule has 0 N–H and O–H groups in total. The molecule has 0 saturated carbocycles. The molecule has 0 aliphatic rings. The Morgan fingerprint density at radius 2 is 1.67 bits per heavy atom. The summed E-state index contributed by atoms with van der Waals surface area (Å²) in [7, 11) is 0. The van der Waals surface area contributed by atoms with Gasteiger partial charge >= 0.3 is 0 Å². The third-order valence-corrected chi connectivity index (χ3v) is 3.71. The van der Waals surface area contributed by atoms with Crippen molar-refractivity contribution in [2.45, 2.75) is 0 Å². The monoisotopic (exact) mass is 272 g/mol. The predicted octanol–water partition coefficient (Wildman–Crippen LogP) is 3.72. The van der Waals surface area contributed by atoms with Crippen LogP contribution < -0.4 is 0 Å². The molecule has 0 fully saturated rings. The summed E-state index contributed by atoms with van der Waals surface area (Å²) in [6.45, 7) is 0. The molecule has 0 spiro atoms. The molecule has 2 heterocycles. The van der Waals surface area contributed by atoms with Crippen molar-refractivity contribution in [3.63, 3.8) is 0 Å². The van der Waals surface area contributed by atoms with E-state index in [1.54, 1.807) is 10.7 Å². The van der Waals surface area contributed by atoms with Crippen molar-refractivity contribution >= 4 is 22.1 Å². The van der Waals surface area contributed by atoms with Crippen LogP contribution in [0.3, 0.4) is 0 Å². The Kier molecular flexibility index (Phi) is 2.57. The zero-order valence-electron chi connectivity index (χ0n) is 11.2. The molecule has 2 aromatic carbocycles. The van der Waals surface area contributed by atoms with Gasteiger partial charge in [-0.1, -0.05) is 48.5 Å². The van der Waals surface area contributed by atoms with Gasteiger partial charge in [0.2, 0.25) is 0 Å². The summed E-state index contributed by atoms with van der Waals surface area (Å²) in [5.41, 5.74) is 2.18. The molecule has 100 valence electrons. The lowest BCUT2D eigenvalue weighted by molar-refractivity contribution is 0.104. The first-order chi connectivity index (χ1) is 10.3. The highest BCUT2D eigenvalue weighted by atomic mass is 16.1. The van der Waals surface area contributed by atoms with Crippen molar-refractivity contribution in [3.8, 4) is 0 Å². The number of pyridine rings is 1. The number of fused-ring (bicyclic) bond motifs is 2. The summed E-state index contributed by atoms with van der Waals surface area (Å²) in [4.78, 5) is 12.9. The van der Waals surface area contributed by atoms with Gasteiger partial charge in [0.1, 0.15) is 0 Å². The Balaban J connectivity index is 1.95. The minimum absolute atomic E-state index is 0.00741. The van der Waals surface area contributed by atoms with Crippen molar-refractivity contribution in [3.05, 3.63) is 84.2 Å². The van der Waals surface area contributed by atoms with Gasteiger partial charge in [0.25, 0.3) is 0 Å². The highest BCUT2D eigenvalue weighted by Gasteiger charge is 2.16. The van der Waals surface area contributed by atoms with Gasteiger partial charge in [-0.2, -0.15) is 5.10 Å². The molecular weight excluding hydrogens is 260 g/mol. The van der Waals surface area contributed by atoms with E-state index in [2.05, 4.69) is 5.10 Å². The Morgan fingerprint density at radius 3 is 2.62 bits per heavy atom. The predicted molar refractivity (Wildman–Crippen MR) is 82.6 cm³/mol. The molecule has 3 nitrogen and oxygen atoms in total. The van der Waals surface area contributed by atoms with Gasteiger partial charge in [0.15, 0.2) is 5.78 Å². The number of aromatic nitrogens is 2. The quantitative estimate of drug-likeness (QED) is 0.521. The van der Waals surface area contributed by atoms with Crippen LogP contribution >= 0.6 is 0 Å². The van der Waals surface area contributed by atoms with Gasteiger partial charge in [-0.05, 0) is 22.9 Å². The van der Waals surface area contributed by atoms with Crippen molar-refractivity contribution < 1.29 is 4.79 Å². The van der Waals surface area contributed by atoms with Gasteiger partial charge in [0, 0.05) is 11.8 Å². The average molecular weight is 272 g/mol. The summed E-state index contributed by atoms with van der Waals surface area (Å²) >= 11 is 0. The van der Waals surface area contributed by atoms with Crippen LogP contribution in [-0.2, 0) is 0 Å². The highest BCUT2D eigenvalue weighted by molar-refractivity contribution is 6.19. The minimum atomic E-state index is 0.00741. The molecule has 0 amide bonds. The maximum atomic E-state index is 12.9. The van der Waals surface area contributed by atoms with Crippen LogP contribution in [0.1, 0.15) is 15.9 Å².